The first-order valence-electron chi connectivity index (χ1n) is 10.4. The molecule has 1 unspecified atom stereocenters. The third-order valence-corrected chi connectivity index (χ3v) is 5.54. The highest BCUT2D eigenvalue weighted by Crippen LogP contribution is 2.22. The van der Waals surface area contributed by atoms with Crippen LogP contribution in [0, 0.1) is 18.7 Å². The van der Waals surface area contributed by atoms with Crippen LogP contribution in [-0.2, 0) is 19.4 Å². The molecule has 28 heavy (non-hydrogen) atoms. The Balaban J connectivity index is 1.48. The number of benzene rings is 2. The van der Waals surface area contributed by atoms with Crippen molar-refractivity contribution in [1.29, 1.82) is 0 Å². The molecule has 0 fully saturated rings. The molecular weight excluding hydrogens is 347 g/mol. The minimum atomic E-state index is -0.154. The summed E-state index contributed by atoms with van der Waals surface area (Å²) >= 11 is 0. The molecule has 1 heterocycles. The molecule has 3 aromatic rings. The molecule has 0 aliphatic heterocycles. The number of halogens is 1. The Hall–Kier alpha value is -2.42. The van der Waals surface area contributed by atoms with Gasteiger partial charge >= 0.3 is 0 Å². The first-order chi connectivity index (χ1) is 13.7. The summed E-state index contributed by atoms with van der Waals surface area (Å²) in [6, 6.07) is 15.9. The lowest BCUT2D eigenvalue weighted by molar-refractivity contribution is 0.385. The molecule has 0 spiro atoms. The summed E-state index contributed by atoms with van der Waals surface area (Å²) < 4.78 is 15.3. The lowest BCUT2D eigenvalue weighted by Gasteiger charge is -2.17. The van der Waals surface area contributed by atoms with Gasteiger partial charge in [0.1, 0.15) is 5.82 Å². The molecule has 3 rings (SSSR count). The molecule has 0 aliphatic carbocycles. The second-order valence-corrected chi connectivity index (χ2v) is 7.85. The average Bonchev–Trinajstić information content (AvgIpc) is 3.22. The maximum Gasteiger partial charge on any atom is 0.123 e. The van der Waals surface area contributed by atoms with Crippen LogP contribution >= 0.6 is 0 Å². The first-order valence-corrected chi connectivity index (χ1v) is 10.4. The van der Waals surface area contributed by atoms with Gasteiger partial charge in [-0.1, -0.05) is 48.4 Å². The summed E-state index contributed by atoms with van der Waals surface area (Å²) in [6.45, 7) is 3.17. The predicted molar refractivity (Wildman–Crippen MR) is 114 cm³/mol. The average molecular weight is 379 g/mol. The Morgan fingerprint density at radius 3 is 2.25 bits per heavy atom. The zero-order valence-corrected chi connectivity index (χ0v) is 16.9. The van der Waals surface area contributed by atoms with Crippen LogP contribution in [0.25, 0.3) is 0 Å². The molecule has 2 aromatic carbocycles. The summed E-state index contributed by atoms with van der Waals surface area (Å²) in [4.78, 5) is 4.12. The van der Waals surface area contributed by atoms with Crippen molar-refractivity contribution in [2.45, 2.75) is 58.4 Å². The zero-order valence-electron chi connectivity index (χ0n) is 16.9. The number of nitrogens with zero attached hydrogens (tertiary/aromatic N) is 2. The van der Waals surface area contributed by atoms with Gasteiger partial charge in [0, 0.05) is 18.9 Å². The Labute approximate surface area is 168 Å². The van der Waals surface area contributed by atoms with Crippen LogP contribution in [0.1, 0.15) is 48.8 Å². The zero-order chi connectivity index (χ0) is 19.6. The van der Waals surface area contributed by atoms with Crippen molar-refractivity contribution in [2.24, 2.45) is 5.92 Å². The van der Waals surface area contributed by atoms with Gasteiger partial charge in [-0.2, -0.15) is 0 Å². The smallest absolute Gasteiger partial charge is 0.123 e. The van der Waals surface area contributed by atoms with Gasteiger partial charge in [0.25, 0.3) is 0 Å². The van der Waals surface area contributed by atoms with Crippen molar-refractivity contribution in [3.63, 3.8) is 0 Å². The van der Waals surface area contributed by atoms with Crippen molar-refractivity contribution >= 4 is 0 Å². The normalized spacial score (nSPS) is 12.2. The van der Waals surface area contributed by atoms with E-state index in [4.69, 9.17) is 0 Å². The van der Waals surface area contributed by atoms with Gasteiger partial charge in [-0.05, 0) is 74.6 Å². The van der Waals surface area contributed by atoms with E-state index in [1.165, 1.54) is 48.8 Å². The van der Waals surface area contributed by atoms with E-state index in [0.717, 1.165) is 19.4 Å². The van der Waals surface area contributed by atoms with Gasteiger partial charge in [-0.3, -0.25) is 0 Å². The highest BCUT2D eigenvalue weighted by molar-refractivity contribution is 5.21. The van der Waals surface area contributed by atoms with Crippen molar-refractivity contribution in [1.82, 2.24) is 9.55 Å². The molecule has 0 saturated heterocycles. The van der Waals surface area contributed by atoms with Crippen LogP contribution in [0.5, 0.6) is 0 Å². The van der Waals surface area contributed by atoms with Crippen LogP contribution in [0.15, 0.2) is 67.3 Å². The highest BCUT2D eigenvalue weighted by Gasteiger charge is 2.10. The number of aromatic nitrogens is 2. The first kappa shape index (κ1) is 20.3. The molecule has 0 radical (unpaired) electrons. The molecule has 0 aliphatic rings. The van der Waals surface area contributed by atoms with Crippen molar-refractivity contribution < 1.29 is 4.39 Å². The molecule has 0 saturated carbocycles. The van der Waals surface area contributed by atoms with Crippen LogP contribution in [-0.4, -0.2) is 9.55 Å². The maximum absolute atomic E-state index is 13.1. The minimum absolute atomic E-state index is 0.154. The number of hydrogen-bond acceptors (Lipinski definition) is 1. The fourth-order valence-electron chi connectivity index (χ4n) is 3.79. The molecule has 3 heteroatoms. The Morgan fingerprint density at radius 1 is 0.857 bits per heavy atom. The minimum Gasteiger partial charge on any atom is -0.337 e. The molecule has 2 nitrogen and oxygen atoms in total. The Morgan fingerprint density at radius 2 is 1.54 bits per heavy atom. The van der Waals surface area contributed by atoms with Crippen LogP contribution < -0.4 is 0 Å². The molecule has 0 amide bonds. The third-order valence-electron chi connectivity index (χ3n) is 5.54. The highest BCUT2D eigenvalue weighted by atomic mass is 19.1. The lowest BCUT2D eigenvalue weighted by Crippen LogP contribution is -2.06. The third kappa shape index (κ3) is 6.95. The molecule has 148 valence electrons. The predicted octanol–water partition coefficient (Wildman–Crippen LogP) is 6.38. The second-order valence-electron chi connectivity index (χ2n) is 7.85. The summed E-state index contributed by atoms with van der Waals surface area (Å²) in [7, 11) is 0. The van der Waals surface area contributed by atoms with Crippen LogP contribution in [0.3, 0.4) is 0 Å². The van der Waals surface area contributed by atoms with Gasteiger partial charge < -0.3 is 4.57 Å². The Bertz CT molecular complexity index is 792. The fourth-order valence-corrected chi connectivity index (χ4v) is 3.79. The standard InChI is InChI=1S/C25H31FN2/c1-21-7-9-23(10-8-21)5-2-4-22(6-3-18-28-19-17-27-20-28)11-12-24-13-15-25(26)16-14-24/h7-10,13-17,19-20,22H,2-6,11-12,18H2,1H3. The van der Waals surface area contributed by atoms with Gasteiger partial charge in [0.2, 0.25) is 0 Å². The molecule has 0 N–H and O–H groups in total. The summed E-state index contributed by atoms with van der Waals surface area (Å²) in [6.07, 6.45) is 14.0. The topological polar surface area (TPSA) is 17.8 Å². The molecular formula is C25H31FN2. The van der Waals surface area contributed by atoms with Gasteiger partial charge in [0.15, 0.2) is 0 Å². The largest absolute Gasteiger partial charge is 0.337 e. The van der Waals surface area contributed by atoms with E-state index in [2.05, 4.69) is 40.7 Å². The molecule has 0 bridgehead atoms. The summed E-state index contributed by atoms with van der Waals surface area (Å²) in [5.74, 6) is 0.553. The molecule has 1 aromatic heterocycles. The summed E-state index contributed by atoms with van der Waals surface area (Å²) in [5, 5.41) is 0. The van der Waals surface area contributed by atoms with Gasteiger partial charge in [-0.15, -0.1) is 0 Å². The van der Waals surface area contributed by atoms with E-state index >= 15 is 0 Å². The van der Waals surface area contributed by atoms with Crippen molar-refractivity contribution in [3.05, 3.63) is 89.8 Å². The summed E-state index contributed by atoms with van der Waals surface area (Å²) in [5.41, 5.74) is 3.99. The number of imidazole rings is 1. The van der Waals surface area contributed by atoms with Crippen LogP contribution in [0.2, 0.25) is 0 Å². The van der Waals surface area contributed by atoms with Gasteiger partial charge in [0.05, 0.1) is 6.33 Å². The van der Waals surface area contributed by atoms with E-state index in [1.54, 1.807) is 12.1 Å². The number of rotatable bonds is 11. The van der Waals surface area contributed by atoms with E-state index in [9.17, 15) is 4.39 Å². The van der Waals surface area contributed by atoms with E-state index < -0.39 is 0 Å². The van der Waals surface area contributed by atoms with E-state index in [0.29, 0.717) is 5.92 Å². The SMILES string of the molecule is Cc1ccc(CCCC(CCCn2ccnc2)CCc2ccc(F)cc2)cc1. The van der Waals surface area contributed by atoms with E-state index in [1.807, 2.05) is 30.9 Å². The van der Waals surface area contributed by atoms with Crippen LogP contribution in [0.4, 0.5) is 4.39 Å². The van der Waals surface area contributed by atoms with Crippen molar-refractivity contribution in [2.75, 3.05) is 0 Å². The number of hydrogen-bond donors (Lipinski definition) is 0. The molecule has 1 atom stereocenters. The van der Waals surface area contributed by atoms with Gasteiger partial charge in [-0.25, -0.2) is 9.37 Å². The van der Waals surface area contributed by atoms with Crippen molar-refractivity contribution in [3.8, 4) is 0 Å². The second kappa shape index (κ2) is 10.8. The fraction of sp³-hybridized carbons (Fsp3) is 0.400. The lowest BCUT2D eigenvalue weighted by atomic mass is 9.89. The maximum atomic E-state index is 13.1. The Kier molecular flexibility index (Phi) is 7.83. The monoisotopic (exact) mass is 378 g/mol. The quantitative estimate of drug-likeness (QED) is 0.378. The van der Waals surface area contributed by atoms with E-state index in [-0.39, 0.29) is 5.82 Å². The number of aryl methyl sites for hydroxylation is 4.